The van der Waals surface area contributed by atoms with Crippen molar-refractivity contribution in [2.45, 2.75) is 32.7 Å². The second-order valence-electron chi connectivity index (χ2n) is 6.68. The molecule has 0 aliphatic carbocycles. The van der Waals surface area contributed by atoms with Crippen LogP contribution < -0.4 is 5.32 Å². The smallest absolute Gasteiger partial charge is 0.268 e. The van der Waals surface area contributed by atoms with Gasteiger partial charge in [-0.1, -0.05) is 0 Å². The van der Waals surface area contributed by atoms with Gasteiger partial charge in [-0.15, -0.1) is 0 Å². The number of halogens is 1. The fraction of sp³-hybridized carbons (Fsp3) is 0.556. The van der Waals surface area contributed by atoms with Crippen molar-refractivity contribution in [2.24, 2.45) is 5.92 Å². The topological polar surface area (TPSA) is 70.4 Å². The SMILES string of the molecule is Cc1c(C(=O)N(Cl)CCCO)ccc2nn(CC3CCNCC3)cc12. The van der Waals surface area contributed by atoms with Crippen LogP contribution in [0.2, 0.25) is 0 Å². The molecule has 25 heavy (non-hydrogen) atoms. The quantitative estimate of drug-likeness (QED) is 0.772. The molecular formula is C18H25ClN4O2. The number of hydrogen-bond acceptors (Lipinski definition) is 4. The van der Waals surface area contributed by atoms with E-state index in [2.05, 4.69) is 10.4 Å². The minimum absolute atomic E-state index is 0.0119. The summed E-state index contributed by atoms with van der Waals surface area (Å²) in [6.45, 7) is 5.33. The normalized spacial score (nSPS) is 15.6. The van der Waals surface area contributed by atoms with Gasteiger partial charge in [0.2, 0.25) is 0 Å². The molecule has 2 heterocycles. The summed E-state index contributed by atoms with van der Waals surface area (Å²) in [5.41, 5.74) is 2.38. The van der Waals surface area contributed by atoms with Crippen molar-refractivity contribution in [3.05, 3.63) is 29.5 Å². The number of nitrogens with one attached hydrogen (secondary N) is 1. The van der Waals surface area contributed by atoms with E-state index in [1.54, 1.807) is 6.07 Å². The van der Waals surface area contributed by atoms with E-state index in [1.165, 1.54) is 12.8 Å². The summed E-state index contributed by atoms with van der Waals surface area (Å²) in [4.78, 5) is 12.5. The first-order chi connectivity index (χ1) is 12.1. The Morgan fingerprint density at radius 2 is 2.20 bits per heavy atom. The number of aliphatic hydroxyl groups is 1. The number of aliphatic hydroxyl groups excluding tert-OH is 1. The lowest BCUT2D eigenvalue weighted by Crippen LogP contribution is -2.29. The first-order valence-corrected chi connectivity index (χ1v) is 9.20. The molecule has 0 saturated carbocycles. The lowest BCUT2D eigenvalue weighted by Gasteiger charge is -2.22. The van der Waals surface area contributed by atoms with Crippen molar-refractivity contribution in [3.63, 3.8) is 0 Å². The second-order valence-corrected chi connectivity index (χ2v) is 7.09. The van der Waals surface area contributed by atoms with E-state index in [4.69, 9.17) is 16.9 Å². The molecule has 1 fully saturated rings. The fourth-order valence-electron chi connectivity index (χ4n) is 3.38. The van der Waals surface area contributed by atoms with Crippen LogP contribution in [0.25, 0.3) is 10.9 Å². The third-order valence-electron chi connectivity index (χ3n) is 4.87. The van der Waals surface area contributed by atoms with Crippen LogP contribution in [0.5, 0.6) is 0 Å². The molecule has 1 aromatic heterocycles. The molecule has 1 saturated heterocycles. The zero-order valence-electron chi connectivity index (χ0n) is 14.5. The molecule has 6 nitrogen and oxygen atoms in total. The molecule has 0 atom stereocenters. The van der Waals surface area contributed by atoms with Crippen LogP contribution in [0.4, 0.5) is 0 Å². The van der Waals surface area contributed by atoms with Gasteiger partial charge < -0.3 is 10.4 Å². The number of amides is 1. The first-order valence-electron chi connectivity index (χ1n) is 8.86. The van der Waals surface area contributed by atoms with Crippen molar-refractivity contribution >= 4 is 28.6 Å². The number of fused-ring (bicyclic) bond motifs is 1. The van der Waals surface area contributed by atoms with Crippen molar-refractivity contribution in [2.75, 3.05) is 26.2 Å². The van der Waals surface area contributed by atoms with Crippen LogP contribution in [0.3, 0.4) is 0 Å². The summed E-state index contributed by atoms with van der Waals surface area (Å²) in [6, 6.07) is 3.67. The Labute approximate surface area is 152 Å². The molecule has 2 aromatic rings. The number of benzene rings is 1. The minimum atomic E-state index is -0.236. The van der Waals surface area contributed by atoms with Gasteiger partial charge in [0.05, 0.1) is 5.52 Å². The average molecular weight is 365 g/mol. The van der Waals surface area contributed by atoms with Gasteiger partial charge in [0.15, 0.2) is 0 Å². The third-order valence-corrected chi connectivity index (χ3v) is 5.20. The van der Waals surface area contributed by atoms with Gasteiger partial charge in [-0.25, -0.2) is 0 Å². The Balaban J connectivity index is 1.80. The van der Waals surface area contributed by atoms with Crippen LogP contribution in [0.1, 0.15) is 35.2 Å². The summed E-state index contributed by atoms with van der Waals surface area (Å²) >= 11 is 6.05. The zero-order valence-corrected chi connectivity index (χ0v) is 15.3. The Morgan fingerprint density at radius 1 is 1.44 bits per heavy atom. The summed E-state index contributed by atoms with van der Waals surface area (Å²) < 4.78 is 3.15. The van der Waals surface area contributed by atoms with Gasteiger partial charge in [-0.3, -0.25) is 13.9 Å². The Kier molecular flexibility index (Phi) is 5.93. The van der Waals surface area contributed by atoms with Crippen LogP contribution in [0, 0.1) is 12.8 Å². The molecule has 1 amide bonds. The Morgan fingerprint density at radius 3 is 2.92 bits per heavy atom. The van der Waals surface area contributed by atoms with Crippen molar-refractivity contribution in [1.29, 1.82) is 0 Å². The molecule has 7 heteroatoms. The maximum absolute atomic E-state index is 12.5. The number of aromatic nitrogens is 2. The van der Waals surface area contributed by atoms with Gasteiger partial charge in [0, 0.05) is 48.6 Å². The number of rotatable bonds is 6. The molecule has 1 aliphatic heterocycles. The minimum Gasteiger partial charge on any atom is -0.396 e. The molecule has 1 aliphatic rings. The number of carbonyl (C=O) groups is 1. The lowest BCUT2D eigenvalue weighted by atomic mass is 9.98. The molecule has 1 aromatic carbocycles. The van der Waals surface area contributed by atoms with E-state index in [9.17, 15) is 4.79 Å². The summed E-state index contributed by atoms with van der Waals surface area (Å²) in [5, 5.41) is 17.9. The van der Waals surface area contributed by atoms with E-state index in [-0.39, 0.29) is 12.5 Å². The summed E-state index contributed by atoms with van der Waals surface area (Å²) in [7, 11) is 0. The van der Waals surface area contributed by atoms with Gasteiger partial charge in [-0.2, -0.15) is 5.10 Å². The monoisotopic (exact) mass is 364 g/mol. The number of hydrogen-bond donors (Lipinski definition) is 2. The van der Waals surface area contributed by atoms with E-state index in [0.29, 0.717) is 24.4 Å². The predicted molar refractivity (Wildman–Crippen MR) is 98.7 cm³/mol. The molecule has 0 spiro atoms. The van der Waals surface area contributed by atoms with Crippen molar-refractivity contribution in [1.82, 2.24) is 19.5 Å². The number of carbonyl (C=O) groups excluding carboxylic acids is 1. The van der Waals surface area contributed by atoms with E-state index >= 15 is 0 Å². The number of piperidine rings is 1. The maximum atomic E-state index is 12.5. The lowest BCUT2D eigenvalue weighted by molar-refractivity contribution is 0.0857. The Hall–Kier alpha value is -1.63. The molecular weight excluding hydrogens is 340 g/mol. The predicted octanol–water partition coefficient (Wildman–Crippen LogP) is 2.32. The van der Waals surface area contributed by atoms with Crippen molar-refractivity contribution in [3.8, 4) is 0 Å². The van der Waals surface area contributed by atoms with Gasteiger partial charge in [0.25, 0.3) is 5.91 Å². The maximum Gasteiger partial charge on any atom is 0.268 e. The largest absolute Gasteiger partial charge is 0.396 e. The van der Waals surface area contributed by atoms with Crippen LogP contribution >= 0.6 is 11.8 Å². The summed E-state index contributed by atoms with van der Waals surface area (Å²) in [5.74, 6) is 0.411. The first kappa shape index (κ1) is 18.2. The number of aryl methyl sites for hydroxylation is 1. The average Bonchev–Trinajstić information content (AvgIpc) is 3.03. The molecule has 2 N–H and O–H groups in total. The summed E-state index contributed by atoms with van der Waals surface area (Å²) in [6.07, 6.45) is 4.84. The molecule has 0 unspecified atom stereocenters. The fourth-order valence-corrected chi connectivity index (χ4v) is 3.59. The highest BCUT2D eigenvalue weighted by atomic mass is 35.5. The molecule has 3 rings (SSSR count). The van der Waals surface area contributed by atoms with E-state index in [1.807, 2.05) is 23.9 Å². The zero-order chi connectivity index (χ0) is 17.8. The van der Waals surface area contributed by atoms with E-state index < -0.39 is 0 Å². The van der Waals surface area contributed by atoms with Crippen LogP contribution in [-0.4, -0.2) is 51.5 Å². The molecule has 0 bridgehead atoms. The van der Waals surface area contributed by atoms with Gasteiger partial charge in [-0.05, 0) is 62.9 Å². The second kappa shape index (κ2) is 8.17. The third kappa shape index (κ3) is 4.14. The highest BCUT2D eigenvalue weighted by molar-refractivity contribution is 6.24. The van der Waals surface area contributed by atoms with Crippen LogP contribution in [0.15, 0.2) is 18.3 Å². The standard InChI is InChI=1S/C18H25ClN4O2/c1-13-15(18(25)23(19)9-2-10-24)3-4-17-16(13)12-22(21-17)11-14-5-7-20-8-6-14/h3-4,12,14,20,24H,2,5-11H2,1H3. The van der Waals surface area contributed by atoms with E-state index in [0.717, 1.165) is 40.5 Å². The van der Waals surface area contributed by atoms with Crippen molar-refractivity contribution < 1.29 is 9.90 Å². The highest BCUT2D eigenvalue weighted by Gasteiger charge is 2.19. The van der Waals surface area contributed by atoms with Gasteiger partial charge >= 0.3 is 0 Å². The number of nitrogens with zero attached hydrogens (tertiary/aromatic N) is 3. The van der Waals surface area contributed by atoms with Crippen LogP contribution in [-0.2, 0) is 6.54 Å². The van der Waals surface area contributed by atoms with Gasteiger partial charge in [0.1, 0.15) is 0 Å². The highest BCUT2D eigenvalue weighted by Crippen LogP contribution is 2.24. The molecule has 0 radical (unpaired) electrons. The Bertz CT molecular complexity index is 740. The molecule has 136 valence electrons.